The van der Waals surface area contributed by atoms with Crippen LogP contribution in [0.1, 0.15) is 93.5 Å². The molecular formula is C54H70F2N10O14P2. The molecule has 0 spiro atoms. The number of pyridine rings is 2. The zero-order valence-corrected chi connectivity index (χ0v) is 48.3. The number of para-hydroxylation sites is 2. The summed E-state index contributed by atoms with van der Waals surface area (Å²) in [4.78, 5) is 42.4. The zero-order valence-electron chi connectivity index (χ0n) is 46.5. The van der Waals surface area contributed by atoms with E-state index in [0.29, 0.717) is 34.4 Å². The number of nitrogens with one attached hydrogen (secondary N) is 4. The molecule has 6 aromatic rings. The molecule has 28 heteroatoms. The van der Waals surface area contributed by atoms with Gasteiger partial charge in [-0.1, -0.05) is 36.4 Å². The first-order chi connectivity index (χ1) is 38.9. The summed E-state index contributed by atoms with van der Waals surface area (Å²) in [5.41, 5.74) is -1.12. The second-order valence-corrected chi connectivity index (χ2v) is 24.9. The highest BCUT2D eigenvalue weighted by atomic mass is 31.2. The molecule has 2 aromatic carbocycles. The maximum atomic E-state index is 16.0. The fraction of sp³-hybridized carbons (Fsp3) is 0.519. The maximum Gasteiger partial charge on any atom is 0.459 e. The minimum atomic E-state index is -4.25. The molecule has 0 bridgehead atoms. The molecule has 2 saturated carbocycles. The molecule has 2 saturated heterocycles. The highest BCUT2D eigenvalue weighted by Crippen LogP contribution is 2.50. The highest BCUT2D eigenvalue weighted by Gasteiger charge is 2.57. The first-order valence-electron chi connectivity index (χ1n) is 27.1. The number of hydrogen-bond acceptors (Lipinski definition) is 20. The van der Waals surface area contributed by atoms with E-state index in [9.17, 15) is 28.9 Å². The molecule has 444 valence electrons. The Hall–Kier alpha value is -6.18. The zero-order chi connectivity index (χ0) is 58.7. The van der Waals surface area contributed by atoms with Crippen LogP contribution in [0.4, 0.5) is 20.2 Å². The van der Waals surface area contributed by atoms with Gasteiger partial charge in [0.05, 0.1) is 49.5 Å². The van der Waals surface area contributed by atoms with Gasteiger partial charge in [-0.15, -0.1) is 0 Å². The smallest absolute Gasteiger partial charge is 0.459 e. The van der Waals surface area contributed by atoms with E-state index in [0.717, 1.165) is 37.1 Å². The van der Waals surface area contributed by atoms with Crippen molar-refractivity contribution in [2.45, 2.75) is 166 Å². The first-order valence-corrected chi connectivity index (χ1v) is 30.2. The van der Waals surface area contributed by atoms with Crippen LogP contribution in [0.5, 0.6) is 11.5 Å². The van der Waals surface area contributed by atoms with Crippen LogP contribution in [0.3, 0.4) is 0 Å². The van der Waals surface area contributed by atoms with Crippen LogP contribution >= 0.6 is 15.5 Å². The Morgan fingerprint density at radius 2 is 0.988 bits per heavy atom. The Balaban J connectivity index is 0.000000198. The summed E-state index contributed by atoms with van der Waals surface area (Å²) in [5, 5.41) is 33.8. The number of nitrogens with zero attached hydrogens (tertiary/aromatic N) is 6. The van der Waals surface area contributed by atoms with E-state index in [1.165, 1.54) is 49.5 Å². The lowest BCUT2D eigenvalue weighted by molar-refractivity contribution is -0.150. The Kier molecular flexibility index (Phi) is 18.4. The summed E-state index contributed by atoms with van der Waals surface area (Å²) < 4.78 is 107. The first kappa shape index (κ1) is 60.4. The van der Waals surface area contributed by atoms with Crippen molar-refractivity contribution in [3.8, 4) is 11.5 Å². The lowest BCUT2D eigenvalue weighted by Crippen LogP contribution is -2.41. The molecule has 2 aliphatic heterocycles. The van der Waals surface area contributed by atoms with Crippen molar-refractivity contribution >= 4 is 61.1 Å². The van der Waals surface area contributed by atoms with Crippen molar-refractivity contribution in [1.29, 1.82) is 0 Å². The molecule has 6 heterocycles. The van der Waals surface area contributed by atoms with E-state index < -0.39 is 113 Å². The largest absolute Gasteiger partial charge is 0.462 e. The maximum absolute atomic E-state index is 16.0. The number of aliphatic hydroxyl groups is 2. The van der Waals surface area contributed by atoms with Crippen LogP contribution in [0.2, 0.25) is 0 Å². The minimum Gasteiger partial charge on any atom is -0.462 e. The number of aliphatic hydroxyl groups excluding tert-OH is 2. The van der Waals surface area contributed by atoms with Gasteiger partial charge in [0.1, 0.15) is 59.0 Å². The van der Waals surface area contributed by atoms with Gasteiger partial charge in [-0.05, 0) is 117 Å². The molecule has 12 atom stereocenters. The average Bonchev–Trinajstić information content (AvgIpc) is 3.91. The van der Waals surface area contributed by atoms with Crippen LogP contribution in [0.25, 0.3) is 22.3 Å². The molecule has 2 aliphatic carbocycles. The molecule has 6 N–H and O–H groups in total. The van der Waals surface area contributed by atoms with E-state index in [1.54, 1.807) is 101 Å². The van der Waals surface area contributed by atoms with Gasteiger partial charge in [-0.3, -0.25) is 27.8 Å². The Labute approximate surface area is 472 Å². The van der Waals surface area contributed by atoms with Crippen molar-refractivity contribution in [3.05, 3.63) is 97.8 Å². The third-order valence-corrected chi connectivity index (χ3v) is 16.9. The molecule has 4 fully saturated rings. The number of carbonyl (C=O) groups excluding carboxylic acids is 2. The van der Waals surface area contributed by atoms with Gasteiger partial charge in [0, 0.05) is 24.5 Å². The van der Waals surface area contributed by atoms with Gasteiger partial charge in [0.2, 0.25) is 0 Å². The second kappa shape index (κ2) is 25.0. The number of imidazole rings is 2. The molecule has 0 radical (unpaired) electrons. The van der Waals surface area contributed by atoms with Gasteiger partial charge in [-0.2, -0.15) is 10.2 Å². The lowest BCUT2D eigenvalue weighted by Gasteiger charge is -2.25. The summed E-state index contributed by atoms with van der Waals surface area (Å²) in [6.45, 7) is 11.0. The predicted molar refractivity (Wildman–Crippen MR) is 296 cm³/mol. The summed E-state index contributed by atoms with van der Waals surface area (Å²) >= 11 is 0. The number of alkyl halides is 2. The van der Waals surface area contributed by atoms with E-state index in [2.05, 4.69) is 40.7 Å². The fourth-order valence-electron chi connectivity index (χ4n) is 9.05. The van der Waals surface area contributed by atoms with Crippen molar-refractivity contribution in [3.63, 3.8) is 0 Å². The topological polar surface area (TPSA) is 292 Å². The number of halogens is 2. The van der Waals surface area contributed by atoms with Gasteiger partial charge >= 0.3 is 27.4 Å². The fourth-order valence-corrected chi connectivity index (χ4v) is 12.1. The van der Waals surface area contributed by atoms with Gasteiger partial charge < -0.3 is 48.8 Å². The Bertz CT molecular complexity index is 3050. The normalized spacial score (nSPS) is 26.6. The van der Waals surface area contributed by atoms with Crippen molar-refractivity contribution in [2.24, 2.45) is 0 Å². The van der Waals surface area contributed by atoms with E-state index in [1.807, 2.05) is 12.1 Å². The number of benzene rings is 2. The summed E-state index contributed by atoms with van der Waals surface area (Å²) in [6, 6.07) is 18.7. The van der Waals surface area contributed by atoms with Crippen LogP contribution < -0.4 is 29.9 Å². The monoisotopic (exact) mass is 1180 g/mol. The number of carbonyl (C=O) groups is 2. The molecule has 10 rings (SSSR count). The number of hydrogen-bond donors (Lipinski definition) is 6. The molecule has 0 amide bonds. The van der Waals surface area contributed by atoms with Gasteiger partial charge in [-0.25, -0.2) is 37.8 Å². The third-order valence-electron chi connectivity index (χ3n) is 13.6. The highest BCUT2D eigenvalue weighted by molar-refractivity contribution is 7.52. The van der Waals surface area contributed by atoms with Crippen molar-refractivity contribution in [1.82, 2.24) is 39.2 Å². The molecule has 4 aliphatic rings. The average molecular weight is 1180 g/mol. The summed E-state index contributed by atoms with van der Waals surface area (Å²) in [7, 11) is -8.51. The van der Waals surface area contributed by atoms with Crippen molar-refractivity contribution < 1.29 is 74.8 Å². The molecular weight excluding hydrogens is 1110 g/mol. The number of rotatable bonds is 24. The molecule has 0 unspecified atom stereocenters. The van der Waals surface area contributed by atoms with Crippen LogP contribution in [-0.4, -0.2) is 137 Å². The van der Waals surface area contributed by atoms with Crippen LogP contribution in [-0.2, 0) is 46.7 Å². The number of fused-ring (bicyclic) bond motifs is 2. The minimum absolute atomic E-state index is 0.209. The van der Waals surface area contributed by atoms with E-state index >= 15 is 8.78 Å². The van der Waals surface area contributed by atoms with Crippen LogP contribution in [0.15, 0.2) is 97.8 Å². The number of ether oxygens (including phenoxy) is 4. The predicted octanol–water partition coefficient (Wildman–Crippen LogP) is 8.25. The number of esters is 2. The Morgan fingerprint density at radius 3 is 1.33 bits per heavy atom. The van der Waals surface area contributed by atoms with E-state index in [4.69, 9.17) is 37.0 Å². The summed E-state index contributed by atoms with van der Waals surface area (Å²) in [5.74, 6) is -0.908. The quantitative estimate of drug-likeness (QED) is 0.0245. The van der Waals surface area contributed by atoms with Gasteiger partial charge in [0.25, 0.3) is 0 Å². The molecule has 4 aromatic heterocycles. The molecule has 24 nitrogen and oxygen atoms in total. The number of anilines is 2. The number of aromatic nitrogens is 6. The molecule has 82 heavy (non-hydrogen) atoms. The van der Waals surface area contributed by atoms with Crippen LogP contribution in [0, 0.1) is 0 Å². The Morgan fingerprint density at radius 1 is 0.622 bits per heavy atom. The lowest BCUT2D eigenvalue weighted by atomic mass is 9.98. The summed E-state index contributed by atoms with van der Waals surface area (Å²) in [6.07, 6.45) is 1.10. The van der Waals surface area contributed by atoms with E-state index in [-0.39, 0.29) is 11.5 Å². The third kappa shape index (κ3) is 14.2. The van der Waals surface area contributed by atoms with Crippen molar-refractivity contribution in [2.75, 3.05) is 23.8 Å². The van der Waals surface area contributed by atoms with Gasteiger partial charge in [0.15, 0.2) is 35.1 Å². The standard InChI is InChI=1S/2C27H35FN5O7P/c2*1-16(2)38-25(35)17(3)32-41(36,40-19-8-6-5-7-9-19)37-14-21-23(34)27(4,28)26(39-21)33-15-30-22-20(31-18-10-11-18)12-13-29-24(22)33/h2*5-9,12-13,15-18,21,23,26,34H,10-11,14H2,1-4H3,(H,29,31)(H,32,36)/t17-,21-,23-,26-,27-,41+;17-,21-,23-,26-,27-,41-/m11/s1. The second-order valence-electron chi connectivity index (χ2n) is 21.5. The SMILES string of the molecule is CC(C)OC(=O)[C@@H](C)N[P@@](=O)(OC[C@H]1O[C@@H](n2cnc3c(NC4CC4)ccnc32)[C@](C)(F)[C@@H]1O)Oc1ccccc1.CC(C)OC(=O)[C@@H](C)N[P@](=O)(OC[C@H]1O[C@@H](n2cnc3c(NC4CC4)ccnc32)[C@](C)(F)[C@@H]1O)Oc1ccccc1.